The Morgan fingerprint density at radius 3 is 1.61 bits per heavy atom. The number of benzene rings is 4. The molecule has 0 heterocycles. The van der Waals surface area contributed by atoms with E-state index in [1.54, 1.807) is 7.11 Å². The number of rotatable bonds is 9. The first kappa shape index (κ1) is 24.2. The molecule has 0 aromatic heterocycles. The van der Waals surface area contributed by atoms with Gasteiger partial charge in [0.15, 0.2) is 0 Å². The summed E-state index contributed by atoms with van der Waals surface area (Å²) in [5.74, 6) is 0.830. The van der Waals surface area contributed by atoms with Gasteiger partial charge >= 0.3 is 214 Å². The van der Waals surface area contributed by atoms with E-state index in [1.165, 1.54) is 21.5 Å². The minimum absolute atomic E-state index is 0.506. The molecule has 0 radical (unpaired) electrons. The van der Waals surface area contributed by atoms with Crippen LogP contribution in [0.15, 0.2) is 114 Å². The molecule has 0 fully saturated rings. The van der Waals surface area contributed by atoms with Crippen LogP contribution in [0.1, 0.15) is 5.56 Å². The van der Waals surface area contributed by atoms with E-state index in [2.05, 4.69) is 141 Å². The molecule has 0 saturated heterocycles. The van der Waals surface area contributed by atoms with Crippen LogP contribution in [0.4, 0.5) is 0 Å². The Morgan fingerprint density at radius 1 is 0.667 bits per heavy atom. The van der Waals surface area contributed by atoms with Gasteiger partial charge in [0.1, 0.15) is 0 Å². The van der Waals surface area contributed by atoms with Crippen molar-refractivity contribution in [2.24, 2.45) is 0 Å². The average Bonchev–Trinajstić information content (AvgIpc) is 2.88. The van der Waals surface area contributed by atoms with Crippen molar-refractivity contribution in [2.75, 3.05) is 20.3 Å². The third kappa shape index (κ3) is 4.81. The SMILES string of the molecule is COCCOc1cc(CP(Br)(c2ccccc2)(c2ccccc2)c2ccccc2)ccc1Br. The van der Waals surface area contributed by atoms with Gasteiger partial charge in [-0.1, -0.05) is 0 Å². The van der Waals surface area contributed by atoms with E-state index in [0.717, 1.165) is 16.4 Å². The van der Waals surface area contributed by atoms with Gasteiger partial charge < -0.3 is 0 Å². The summed E-state index contributed by atoms with van der Waals surface area (Å²) in [5, 5.41) is 0.845. The molecule has 0 aliphatic rings. The molecule has 4 aromatic rings. The first-order valence-electron chi connectivity index (χ1n) is 10.9. The average molecular weight is 586 g/mol. The van der Waals surface area contributed by atoms with E-state index in [1.807, 2.05) is 0 Å². The fourth-order valence-electron chi connectivity index (χ4n) is 4.27. The zero-order valence-electron chi connectivity index (χ0n) is 18.5. The first-order chi connectivity index (χ1) is 16.1. The number of methoxy groups -OCH3 is 1. The van der Waals surface area contributed by atoms with Crippen molar-refractivity contribution in [3.8, 4) is 5.75 Å². The quantitative estimate of drug-likeness (QED) is 0.159. The van der Waals surface area contributed by atoms with Gasteiger partial charge in [0.2, 0.25) is 0 Å². The van der Waals surface area contributed by atoms with Crippen molar-refractivity contribution >= 4 is 52.6 Å². The van der Waals surface area contributed by atoms with Gasteiger partial charge in [0.25, 0.3) is 0 Å². The van der Waals surface area contributed by atoms with Gasteiger partial charge in [-0.25, -0.2) is 0 Å². The summed E-state index contributed by atoms with van der Waals surface area (Å²) in [6.45, 7) is 1.05. The summed E-state index contributed by atoms with van der Waals surface area (Å²) in [6, 6.07) is 38.9. The molecule has 0 amide bonds. The standard InChI is InChI=1S/C28H27Br2O2P/c1-31-19-20-32-28-21-23(17-18-27(28)29)22-33(30,24-11-5-2-6-12-24,25-13-7-3-8-14-25)26-15-9-4-10-16-26/h2-18,21H,19-20,22H2,1H3. The molecule has 2 nitrogen and oxygen atoms in total. The molecule has 0 aliphatic heterocycles. The van der Waals surface area contributed by atoms with Crippen LogP contribution in [0.5, 0.6) is 5.75 Å². The summed E-state index contributed by atoms with van der Waals surface area (Å²) < 4.78 is 12.1. The Balaban J connectivity index is 1.94. The summed E-state index contributed by atoms with van der Waals surface area (Å²) in [6.07, 6.45) is 0.817. The van der Waals surface area contributed by atoms with Gasteiger partial charge in [-0.2, -0.15) is 0 Å². The van der Waals surface area contributed by atoms with E-state index in [4.69, 9.17) is 9.47 Å². The molecule has 4 aromatic carbocycles. The maximum atomic E-state index is 6.01. The van der Waals surface area contributed by atoms with Crippen LogP contribution >= 0.6 is 36.7 Å². The Kier molecular flexibility index (Phi) is 7.71. The minimum atomic E-state index is -3.05. The summed E-state index contributed by atoms with van der Waals surface area (Å²) in [7, 11) is 1.68. The van der Waals surface area contributed by atoms with Crippen molar-refractivity contribution in [1.82, 2.24) is 0 Å². The third-order valence-electron chi connectivity index (χ3n) is 5.90. The fraction of sp³-hybridized carbons (Fsp3) is 0.143. The van der Waals surface area contributed by atoms with Crippen LogP contribution in [-0.4, -0.2) is 20.3 Å². The van der Waals surface area contributed by atoms with E-state index in [0.29, 0.717) is 13.2 Å². The van der Waals surface area contributed by atoms with Crippen LogP contribution in [0.2, 0.25) is 0 Å². The summed E-state index contributed by atoms with van der Waals surface area (Å²) in [5.41, 5.74) is 1.21. The Bertz CT molecular complexity index is 1090. The zero-order valence-corrected chi connectivity index (χ0v) is 22.6. The monoisotopic (exact) mass is 584 g/mol. The molecule has 0 aliphatic carbocycles. The van der Waals surface area contributed by atoms with Crippen LogP contribution in [0.3, 0.4) is 0 Å². The molecule has 0 N–H and O–H groups in total. The molecule has 0 unspecified atom stereocenters. The summed E-state index contributed by atoms with van der Waals surface area (Å²) in [4.78, 5) is 0. The van der Waals surface area contributed by atoms with Crippen molar-refractivity contribution < 1.29 is 9.47 Å². The predicted octanol–water partition coefficient (Wildman–Crippen LogP) is 6.81. The molecule has 0 saturated carbocycles. The molecule has 170 valence electrons. The molecule has 0 spiro atoms. The van der Waals surface area contributed by atoms with E-state index >= 15 is 0 Å². The number of hydrogen-bond donors (Lipinski definition) is 0. The fourth-order valence-corrected chi connectivity index (χ4v) is 12.3. The Labute approximate surface area is 212 Å². The number of hydrogen-bond acceptors (Lipinski definition) is 2. The molecule has 0 bridgehead atoms. The van der Waals surface area contributed by atoms with Crippen molar-refractivity contribution in [3.63, 3.8) is 0 Å². The van der Waals surface area contributed by atoms with Crippen LogP contribution in [-0.2, 0) is 10.9 Å². The Morgan fingerprint density at radius 2 is 1.15 bits per heavy atom. The normalized spacial score (nSPS) is 12.6. The van der Waals surface area contributed by atoms with E-state index < -0.39 is 5.31 Å². The first-order valence-corrected chi connectivity index (χ1v) is 16.1. The predicted molar refractivity (Wildman–Crippen MR) is 149 cm³/mol. The van der Waals surface area contributed by atoms with Gasteiger partial charge in [-0.05, 0) is 0 Å². The molecule has 5 heteroatoms. The second-order valence-electron chi connectivity index (χ2n) is 7.95. The third-order valence-corrected chi connectivity index (χ3v) is 16.1. The second-order valence-corrected chi connectivity index (χ2v) is 17.7. The van der Waals surface area contributed by atoms with Gasteiger partial charge in [0.05, 0.1) is 0 Å². The molecular formula is C28H27Br2O2P. The summed E-state index contributed by atoms with van der Waals surface area (Å²) >= 11 is 8.16. The molecule has 0 atom stereocenters. The van der Waals surface area contributed by atoms with Crippen molar-refractivity contribution in [1.29, 1.82) is 0 Å². The Hall–Kier alpha value is -1.97. The maximum absolute atomic E-state index is 6.01. The van der Waals surface area contributed by atoms with Crippen molar-refractivity contribution in [3.05, 3.63) is 119 Å². The number of ether oxygens (including phenoxy) is 2. The van der Waals surface area contributed by atoms with Crippen LogP contribution < -0.4 is 20.7 Å². The topological polar surface area (TPSA) is 18.5 Å². The molecule has 4 rings (SSSR count). The van der Waals surface area contributed by atoms with Crippen LogP contribution in [0, 0.1) is 0 Å². The van der Waals surface area contributed by atoms with Gasteiger partial charge in [-0.3, -0.25) is 0 Å². The van der Waals surface area contributed by atoms with Gasteiger partial charge in [-0.15, -0.1) is 0 Å². The molecule has 33 heavy (non-hydrogen) atoms. The van der Waals surface area contributed by atoms with E-state index in [-0.39, 0.29) is 0 Å². The van der Waals surface area contributed by atoms with E-state index in [9.17, 15) is 0 Å². The second kappa shape index (κ2) is 10.5. The molecular weight excluding hydrogens is 559 g/mol. The zero-order chi connectivity index (χ0) is 23.2. The van der Waals surface area contributed by atoms with Gasteiger partial charge in [0, 0.05) is 0 Å². The van der Waals surface area contributed by atoms with Crippen molar-refractivity contribution in [2.45, 2.75) is 6.16 Å². The number of halogens is 2. The van der Waals surface area contributed by atoms with Crippen LogP contribution in [0.25, 0.3) is 0 Å².